The summed E-state index contributed by atoms with van der Waals surface area (Å²) in [6.07, 6.45) is 12.7. The number of carboxylic acids is 1. The molecule has 0 amide bonds. The molecule has 0 aliphatic heterocycles. The molecule has 6 rings (SSSR count). The lowest BCUT2D eigenvalue weighted by atomic mass is 9.33. The predicted octanol–water partition coefficient (Wildman–Crippen LogP) is 6.81. The number of fused-ring (bicyclic) bond motifs is 8. The number of aliphatic carboxylic acids is 1. The van der Waals surface area contributed by atoms with Gasteiger partial charge in [-0.1, -0.05) is 60.1 Å². The molecule has 0 aromatic carbocycles. The minimum absolute atomic E-state index is 0.0425. The van der Waals surface area contributed by atoms with Crippen molar-refractivity contribution in [3.63, 3.8) is 0 Å². The van der Waals surface area contributed by atoms with Gasteiger partial charge in [0.2, 0.25) is 5.95 Å². The molecule has 3 saturated carbocycles. The maximum atomic E-state index is 12.9. The van der Waals surface area contributed by atoms with E-state index in [1.165, 1.54) is 24.0 Å². The van der Waals surface area contributed by atoms with Gasteiger partial charge in [-0.2, -0.15) is 0 Å². The zero-order valence-electron chi connectivity index (χ0n) is 24.0. The van der Waals surface area contributed by atoms with E-state index in [1.807, 2.05) is 6.20 Å². The molecule has 0 unspecified atom stereocenters. The first-order chi connectivity index (χ1) is 17.2. The SMILES string of the molecule is C[C@H]1[C@H](C)CC[C@]2(C(=O)O)CC[C@]3(C)C(=CC[C@@H]4[C@@]5(C)Cc6cnc(N)nc6C(C)(C)[C@@H]5CC[C@]43C)[C@H]12. The first-order valence-corrected chi connectivity index (χ1v) is 14.8. The van der Waals surface area contributed by atoms with Crippen molar-refractivity contribution in [2.45, 2.75) is 105 Å². The Balaban J connectivity index is 1.48. The summed E-state index contributed by atoms with van der Waals surface area (Å²) in [6, 6.07) is 0. The van der Waals surface area contributed by atoms with Crippen LogP contribution in [0.1, 0.15) is 105 Å². The molecule has 0 saturated heterocycles. The summed E-state index contributed by atoms with van der Waals surface area (Å²) in [6.45, 7) is 17.1. The number of carboxylic acid groups (broad SMARTS) is 1. The third-order valence-corrected chi connectivity index (χ3v) is 13.6. The summed E-state index contributed by atoms with van der Waals surface area (Å²) in [5, 5.41) is 10.6. The Hall–Kier alpha value is -1.91. The lowest BCUT2D eigenvalue weighted by Gasteiger charge is -2.70. The Morgan fingerprint density at radius 2 is 1.76 bits per heavy atom. The smallest absolute Gasteiger partial charge is 0.310 e. The van der Waals surface area contributed by atoms with Crippen LogP contribution in [0, 0.1) is 51.2 Å². The molecule has 0 spiro atoms. The summed E-state index contributed by atoms with van der Waals surface area (Å²) >= 11 is 0. The molecule has 3 N–H and O–H groups in total. The summed E-state index contributed by atoms with van der Waals surface area (Å²) in [5.41, 5.74) is 9.68. The Morgan fingerprint density at radius 1 is 1.03 bits per heavy atom. The number of carbonyl (C=O) groups is 1. The number of hydrogen-bond acceptors (Lipinski definition) is 4. The quantitative estimate of drug-likeness (QED) is 0.409. The third kappa shape index (κ3) is 2.95. The van der Waals surface area contributed by atoms with Crippen molar-refractivity contribution in [1.29, 1.82) is 0 Å². The monoisotopic (exact) mass is 505 g/mol. The van der Waals surface area contributed by atoms with E-state index < -0.39 is 11.4 Å². The van der Waals surface area contributed by atoms with Gasteiger partial charge in [0, 0.05) is 11.6 Å². The van der Waals surface area contributed by atoms with Gasteiger partial charge in [0.1, 0.15) is 0 Å². The van der Waals surface area contributed by atoms with Crippen LogP contribution in [0.3, 0.4) is 0 Å². The highest BCUT2D eigenvalue weighted by molar-refractivity contribution is 5.76. The van der Waals surface area contributed by atoms with Crippen molar-refractivity contribution in [2.24, 2.45) is 51.2 Å². The van der Waals surface area contributed by atoms with Crippen molar-refractivity contribution < 1.29 is 9.90 Å². The average molecular weight is 506 g/mol. The number of hydrogen-bond donors (Lipinski definition) is 2. The van der Waals surface area contributed by atoms with Crippen LogP contribution in [0.4, 0.5) is 5.95 Å². The van der Waals surface area contributed by atoms with Gasteiger partial charge in [-0.3, -0.25) is 4.79 Å². The molecular weight excluding hydrogens is 458 g/mol. The Kier molecular flexibility index (Phi) is 5.21. The summed E-state index contributed by atoms with van der Waals surface area (Å²) in [4.78, 5) is 22.1. The third-order valence-electron chi connectivity index (χ3n) is 13.6. The van der Waals surface area contributed by atoms with Gasteiger partial charge in [-0.05, 0) is 103 Å². The minimum Gasteiger partial charge on any atom is -0.481 e. The topological polar surface area (TPSA) is 89.1 Å². The van der Waals surface area contributed by atoms with Gasteiger partial charge in [0.05, 0.1) is 11.1 Å². The first kappa shape index (κ1) is 25.4. The maximum Gasteiger partial charge on any atom is 0.310 e. The molecule has 1 heterocycles. The normalized spacial score (nSPS) is 47.9. The van der Waals surface area contributed by atoms with Crippen molar-refractivity contribution in [3.8, 4) is 0 Å². The van der Waals surface area contributed by atoms with E-state index in [9.17, 15) is 9.90 Å². The van der Waals surface area contributed by atoms with E-state index in [-0.39, 0.29) is 27.6 Å². The molecule has 0 radical (unpaired) electrons. The van der Waals surface area contributed by atoms with Crippen molar-refractivity contribution in [3.05, 3.63) is 29.1 Å². The Bertz CT molecular complexity index is 1190. The fourth-order valence-corrected chi connectivity index (χ4v) is 11.3. The van der Waals surface area contributed by atoms with Crippen LogP contribution in [0.2, 0.25) is 0 Å². The van der Waals surface area contributed by atoms with Crippen LogP contribution in [-0.2, 0) is 16.6 Å². The largest absolute Gasteiger partial charge is 0.481 e. The van der Waals surface area contributed by atoms with Gasteiger partial charge in [-0.25, -0.2) is 9.97 Å². The molecule has 1 aromatic heterocycles. The second-order valence-corrected chi connectivity index (χ2v) is 15.1. The predicted molar refractivity (Wildman–Crippen MR) is 147 cm³/mol. The minimum atomic E-state index is -0.579. The molecule has 5 heteroatoms. The molecule has 5 nitrogen and oxygen atoms in total. The number of aromatic nitrogens is 2. The van der Waals surface area contributed by atoms with Gasteiger partial charge < -0.3 is 10.8 Å². The van der Waals surface area contributed by atoms with Crippen LogP contribution in [0.25, 0.3) is 0 Å². The van der Waals surface area contributed by atoms with Crippen LogP contribution >= 0.6 is 0 Å². The summed E-state index contributed by atoms with van der Waals surface area (Å²) < 4.78 is 0. The number of nitrogens with zero attached hydrogens (tertiary/aromatic N) is 2. The van der Waals surface area contributed by atoms with E-state index >= 15 is 0 Å². The van der Waals surface area contributed by atoms with Crippen LogP contribution in [0.5, 0.6) is 0 Å². The van der Waals surface area contributed by atoms with Gasteiger partial charge >= 0.3 is 5.97 Å². The second-order valence-electron chi connectivity index (χ2n) is 15.1. The maximum absolute atomic E-state index is 12.9. The van der Waals surface area contributed by atoms with Crippen LogP contribution in [0.15, 0.2) is 17.8 Å². The number of nitrogen functional groups attached to an aromatic ring is 1. The summed E-state index contributed by atoms with van der Waals surface area (Å²) in [7, 11) is 0. The van der Waals surface area contributed by atoms with E-state index in [4.69, 9.17) is 10.7 Å². The van der Waals surface area contributed by atoms with Crippen molar-refractivity contribution >= 4 is 11.9 Å². The highest BCUT2D eigenvalue weighted by Gasteiger charge is 2.69. The Morgan fingerprint density at radius 3 is 2.46 bits per heavy atom. The highest BCUT2D eigenvalue weighted by Crippen LogP contribution is 2.75. The molecular formula is C32H47N3O2. The van der Waals surface area contributed by atoms with Gasteiger partial charge in [0.25, 0.3) is 0 Å². The second kappa shape index (κ2) is 7.60. The van der Waals surface area contributed by atoms with Crippen molar-refractivity contribution in [2.75, 3.05) is 5.73 Å². The molecule has 3 fully saturated rings. The number of allylic oxidation sites excluding steroid dienone is 2. The molecule has 5 aliphatic rings. The molecule has 37 heavy (non-hydrogen) atoms. The number of anilines is 1. The molecule has 0 bridgehead atoms. The average Bonchev–Trinajstić information content (AvgIpc) is 2.82. The zero-order chi connectivity index (χ0) is 26.8. The Labute approximate surface area is 223 Å². The van der Waals surface area contributed by atoms with E-state index in [0.29, 0.717) is 29.6 Å². The highest BCUT2D eigenvalue weighted by atomic mass is 16.4. The molecule has 9 atom stereocenters. The molecule has 5 aliphatic carbocycles. The number of nitrogens with two attached hydrogens (primary N) is 1. The van der Waals surface area contributed by atoms with Crippen LogP contribution in [-0.4, -0.2) is 21.0 Å². The summed E-state index contributed by atoms with van der Waals surface area (Å²) in [5.74, 6) is 2.06. The van der Waals surface area contributed by atoms with E-state index in [2.05, 4.69) is 59.5 Å². The molecule has 1 aromatic rings. The molecule has 202 valence electrons. The lowest BCUT2D eigenvalue weighted by molar-refractivity contribution is -0.179. The fourth-order valence-electron chi connectivity index (χ4n) is 11.3. The lowest BCUT2D eigenvalue weighted by Crippen LogP contribution is -2.65. The zero-order valence-corrected chi connectivity index (χ0v) is 24.0. The number of rotatable bonds is 1. The van der Waals surface area contributed by atoms with Gasteiger partial charge in [0.15, 0.2) is 0 Å². The van der Waals surface area contributed by atoms with E-state index in [1.54, 1.807) is 0 Å². The van der Waals surface area contributed by atoms with Crippen LogP contribution < -0.4 is 5.73 Å². The fraction of sp³-hybridized carbons (Fsp3) is 0.781. The first-order valence-electron chi connectivity index (χ1n) is 14.8. The standard InChI is InChI=1S/C32H47N3O2/c1-18-10-13-32(26(36)37)15-14-30(6)21(24(32)19(18)2)8-9-23-29(5)16-20-17-34-27(33)35-25(20)28(3,4)22(29)11-12-31(23,30)7/h8,17-19,22-24H,9-16H2,1-7H3,(H,36,37)(H2,33,34,35)/t18-,19+,22+,23-,24+,29+,30-,31-,32+/m1/s1. The van der Waals surface area contributed by atoms with E-state index in [0.717, 1.165) is 44.2 Å². The van der Waals surface area contributed by atoms with Gasteiger partial charge in [-0.15, -0.1) is 0 Å². The van der Waals surface area contributed by atoms with Crippen molar-refractivity contribution in [1.82, 2.24) is 9.97 Å².